The molecule has 4 rings (SSSR count). The molecule has 2 heterocycles. The summed E-state index contributed by atoms with van der Waals surface area (Å²) in [5.74, 6) is -0.994. The third-order valence-corrected chi connectivity index (χ3v) is 6.03. The molecule has 8 nitrogen and oxygen atoms in total. The van der Waals surface area contributed by atoms with Crippen molar-refractivity contribution in [2.45, 2.75) is 45.8 Å². The highest BCUT2D eigenvalue weighted by Gasteiger charge is 2.19. The number of pyridine rings is 1. The van der Waals surface area contributed by atoms with Crippen LogP contribution in [0.1, 0.15) is 44.7 Å². The summed E-state index contributed by atoms with van der Waals surface area (Å²) in [5, 5.41) is 17.5. The fraction of sp³-hybridized carbons (Fsp3) is 0.276. The Morgan fingerprint density at radius 2 is 1.85 bits per heavy atom. The second-order valence-corrected chi connectivity index (χ2v) is 10.3. The lowest BCUT2D eigenvalue weighted by molar-refractivity contribution is -0.154. The Kier molecular flexibility index (Phi) is 8.27. The zero-order valence-electron chi connectivity index (χ0n) is 21.8. The van der Waals surface area contributed by atoms with E-state index in [1.54, 1.807) is 69.3 Å². The number of ether oxygens (including phenoxy) is 1. The number of rotatable bonds is 8. The van der Waals surface area contributed by atoms with Crippen molar-refractivity contribution in [1.82, 2.24) is 14.8 Å². The van der Waals surface area contributed by atoms with Crippen molar-refractivity contribution in [3.8, 4) is 17.3 Å². The quantitative estimate of drug-likeness (QED) is 0.171. The van der Waals surface area contributed by atoms with Gasteiger partial charge < -0.3 is 10.1 Å². The van der Waals surface area contributed by atoms with E-state index in [0.29, 0.717) is 29.3 Å². The molecule has 0 aliphatic rings. The summed E-state index contributed by atoms with van der Waals surface area (Å²) in [6, 6.07) is 17.1. The van der Waals surface area contributed by atoms with Crippen molar-refractivity contribution in [1.29, 1.82) is 5.26 Å². The number of esters is 1. The summed E-state index contributed by atoms with van der Waals surface area (Å²) in [6.45, 7) is 5.86. The fourth-order valence-electron chi connectivity index (χ4n) is 3.99. The number of carbonyl (C=O) groups is 1. The Labute approximate surface area is 230 Å². The molecule has 39 heavy (non-hydrogen) atoms. The standard InChI is InChI=1S/C29H27ClFN5O3/c1-29(2,3)39-24(37)9-6-14-33-27-23(30)15-22(26(31)34-27)25-20-7-4-5-8-21(20)28(38)36(35-25)17-19-12-10-18(16-32)11-13-19/h4-5,7-8,10-13,15H,6,9,14,17H2,1-3H3,(H,33,34). The number of nitrogens with one attached hydrogen (secondary N) is 1. The lowest BCUT2D eigenvalue weighted by Gasteiger charge is -2.19. The van der Waals surface area contributed by atoms with E-state index >= 15 is 4.39 Å². The van der Waals surface area contributed by atoms with Crippen molar-refractivity contribution in [2.24, 2.45) is 0 Å². The maximum atomic E-state index is 15.4. The Bertz CT molecular complexity index is 1620. The molecule has 0 unspecified atom stereocenters. The summed E-state index contributed by atoms with van der Waals surface area (Å²) in [5.41, 5.74) is 0.636. The molecule has 0 spiro atoms. The number of fused-ring (bicyclic) bond motifs is 1. The van der Waals surface area contributed by atoms with Crippen LogP contribution in [0, 0.1) is 17.3 Å². The molecule has 0 aliphatic carbocycles. The van der Waals surface area contributed by atoms with E-state index in [0.717, 1.165) is 5.56 Å². The smallest absolute Gasteiger partial charge is 0.306 e. The van der Waals surface area contributed by atoms with Gasteiger partial charge >= 0.3 is 5.97 Å². The SMILES string of the molecule is CC(C)(C)OC(=O)CCCNc1nc(F)c(-c2nn(Cc3ccc(C#N)cc3)c(=O)c3ccccc23)cc1Cl. The predicted molar refractivity (Wildman–Crippen MR) is 148 cm³/mol. The number of nitrogens with zero attached hydrogens (tertiary/aromatic N) is 4. The van der Waals surface area contributed by atoms with Gasteiger partial charge in [0.1, 0.15) is 17.1 Å². The molecule has 0 saturated heterocycles. The van der Waals surface area contributed by atoms with Gasteiger partial charge in [0.25, 0.3) is 5.56 Å². The highest BCUT2D eigenvalue weighted by molar-refractivity contribution is 6.33. The van der Waals surface area contributed by atoms with Crippen LogP contribution in [0.4, 0.5) is 10.2 Å². The minimum atomic E-state index is -0.810. The molecule has 4 aromatic rings. The number of aromatic nitrogens is 3. The molecule has 0 saturated carbocycles. The molecule has 2 aromatic carbocycles. The molecular formula is C29H27ClFN5O3. The number of anilines is 1. The van der Waals surface area contributed by atoms with Crippen LogP contribution in [0.5, 0.6) is 0 Å². The molecule has 1 N–H and O–H groups in total. The van der Waals surface area contributed by atoms with Crippen molar-refractivity contribution < 1.29 is 13.9 Å². The number of hydrogen-bond acceptors (Lipinski definition) is 7. The van der Waals surface area contributed by atoms with Gasteiger partial charge in [-0.2, -0.15) is 14.8 Å². The van der Waals surface area contributed by atoms with Crippen LogP contribution in [0.3, 0.4) is 0 Å². The van der Waals surface area contributed by atoms with E-state index in [-0.39, 0.29) is 46.6 Å². The first kappa shape index (κ1) is 27.7. The van der Waals surface area contributed by atoms with Gasteiger partial charge in [-0.25, -0.2) is 9.67 Å². The van der Waals surface area contributed by atoms with Crippen LogP contribution in [0.25, 0.3) is 22.0 Å². The predicted octanol–water partition coefficient (Wildman–Crippen LogP) is 5.70. The molecule has 0 atom stereocenters. The van der Waals surface area contributed by atoms with Crippen molar-refractivity contribution >= 4 is 34.2 Å². The maximum Gasteiger partial charge on any atom is 0.306 e. The van der Waals surface area contributed by atoms with Gasteiger partial charge in [0.15, 0.2) is 0 Å². The average Bonchev–Trinajstić information content (AvgIpc) is 2.89. The second-order valence-electron chi connectivity index (χ2n) is 9.94. The van der Waals surface area contributed by atoms with E-state index in [4.69, 9.17) is 21.6 Å². The normalized spacial score (nSPS) is 11.3. The van der Waals surface area contributed by atoms with Crippen LogP contribution in [-0.2, 0) is 16.1 Å². The molecule has 200 valence electrons. The van der Waals surface area contributed by atoms with Gasteiger partial charge in [-0.05, 0) is 57.0 Å². The van der Waals surface area contributed by atoms with Crippen molar-refractivity contribution in [3.63, 3.8) is 0 Å². The van der Waals surface area contributed by atoms with E-state index in [9.17, 15) is 9.59 Å². The largest absolute Gasteiger partial charge is 0.460 e. The number of carbonyl (C=O) groups excluding carboxylic acids is 1. The number of benzene rings is 2. The summed E-state index contributed by atoms with van der Waals surface area (Å²) in [4.78, 5) is 29.1. The average molecular weight is 548 g/mol. The van der Waals surface area contributed by atoms with E-state index in [2.05, 4.69) is 21.5 Å². The minimum Gasteiger partial charge on any atom is -0.460 e. The first-order valence-corrected chi connectivity index (χ1v) is 12.7. The van der Waals surface area contributed by atoms with E-state index < -0.39 is 11.5 Å². The number of hydrogen-bond donors (Lipinski definition) is 1. The zero-order chi connectivity index (χ0) is 28.2. The molecule has 0 fully saturated rings. The zero-order valence-corrected chi connectivity index (χ0v) is 22.6. The van der Waals surface area contributed by atoms with Crippen LogP contribution in [0.15, 0.2) is 59.4 Å². The van der Waals surface area contributed by atoms with Crippen molar-refractivity contribution in [3.05, 3.63) is 87.0 Å². The topological polar surface area (TPSA) is 110 Å². The lowest BCUT2D eigenvalue weighted by atomic mass is 10.1. The molecular weight excluding hydrogens is 521 g/mol. The van der Waals surface area contributed by atoms with Gasteiger partial charge in [-0.1, -0.05) is 41.9 Å². The first-order chi connectivity index (χ1) is 18.6. The molecule has 0 aliphatic heterocycles. The highest BCUT2D eigenvalue weighted by Crippen LogP contribution is 2.31. The molecule has 0 bridgehead atoms. The molecule has 10 heteroatoms. The lowest BCUT2D eigenvalue weighted by Crippen LogP contribution is -2.24. The van der Waals surface area contributed by atoms with Gasteiger partial charge in [0.2, 0.25) is 5.95 Å². The molecule has 0 amide bonds. The minimum absolute atomic E-state index is 0.0454. The monoisotopic (exact) mass is 547 g/mol. The van der Waals surface area contributed by atoms with Crippen molar-refractivity contribution in [2.75, 3.05) is 11.9 Å². The Balaban J connectivity index is 1.61. The number of halogens is 2. The summed E-state index contributed by atoms with van der Waals surface area (Å²) < 4.78 is 21.9. The van der Waals surface area contributed by atoms with Crippen LogP contribution < -0.4 is 10.9 Å². The van der Waals surface area contributed by atoms with Crippen LogP contribution in [-0.4, -0.2) is 32.9 Å². The van der Waals surface area contributed by atoms with Gasteiger partial charge in [0, 0.05) is 18.4 Å². The van der Waals surface area contributed by atoms with E-state index in [1.807, 2.05) is 0 Å². The third-order valence-electron chi connectivity index (χ3n) is 5.74. The summed E-state index contributed by atoms with van der Waals surface area (Å²) in [7, 11) is 0. The van der Waals surface area contributed by atoms with E-state index in [1.165, 1.54) is 10.7 Å². The highest BCUT2D eigenvalue weighted by atomic mass is 35.5. The Morgan fingerprint density at radius 1 is 1.15 bits per heavy atom. The van der Waals surface area contributed by atoms with Crippen LogP contribution in [0.2, 0.25) is 5.02 Å². The maximum absolute atomic E-state index is 15.4. The first-order valence-electron chi connectivity index (χ1n) is 12.4. The Hall–Kier alpha value is -4.29. The Morgan fingerprint density at radius 3 is 2.51 bits per heavy atom. The van der Waals surface area contributed by atoms with Gasteiger partial charge in [-0.3, -0.25) is 9.59 Å². The fourth-order valence-corrected chi connectivity index (χ4v) is 4.21. The van der Waals surface area contributed by atoms with Gasteiger partial charge in [-0.15, -0.1) is 0 Å². The summed E-state index contributed by atoms with van der Waals surface area (Å²) >= 11 is 6.45. The summed E-state index contributed by atoms with van der Waals surface area (Å²) in [6.07, 6.45) is 0.641. The van der Waals surface area contributed by atoms with Crippen LogP contribution >= 0.6 is 11.6 Å². The number of nitriles is 1. The molecule has 2 aromatic heterocycles. The second kappa shape index (κ2) is 11.6. The third kappa shape index (κ3) is 6.78. The van der Waals surface area contributed by atoms with Gasteiger partial charge in [0.05, 0.1) is 34.1 Å². The molecule has 0 radical (unpaired) electrons.